The molecule has 0 saturated heterocycles. The van der Waals surface area contributed by atoms with Crippen LogP contribution in [0.2, 0.25) is 0 Å². The van der Waals surface area contributed by atoms with Crippen molar-refractivity contribution >= 4 is 17.7 Å². The number of para-hydroxylation sites is 1. The molecule has 1 atom stereocenters. The van der Waals surface area contributed by atoms with Crippen LogP contribution in [0.15, 0.2) is 78.2 Å². The predicted molar refractivity (Wildman–Crippen MR) is 132 cm³/mol. The molecule has 2 aromatic carbocycles. The molecule has 0 fully saturated rings. The number of nitrogens with zero attached hydrogens (tertiary/aromatic N) is 4. The maximum atomic E-state index is 12.8. The molecule has 2 aromatic heterocycles. The smallest absolute Gasteiger partial charge is 0.230 e. The lowest BCUT2D eigenvalue weighted by atomic mass is 10.0. The number of amides is 1. The van der Waals surface area contributed by atoms with E-state index in [0.717, 1.165) is 34.6 Å². The molecule has 2 heterocycles. The van der Waals surface area contributed by atoms with Gasteiger partial charge in [-0.25, -0.2) is 0 Å². The lowest BCUT2D eigenvalue weighted by Gasteiger charge is -2.18. The van der Waals surface area contributed by atoms with Crippen molar-refractivity contribution in [1.29, 1.82) is 0 Å². The van der Waals surface area contributed by atoms with E-state index in [9.17, 15) is 4.79 Å². The number of nitrogens with one attached hydrogen (secondary N) is 1. The van der Waals surface area contributed by atoms with E-state index < -0.39 is 0 Å². The van der Waals surface area contributed by atoms with Gasteiger partial charge in [0.1, 0.15) is 0 Å². The van der Waals surface area contributed by atoms with Crippen LogP contribution in [-0.4, -0.2) is 31.4 Å². The average molecular weight is 458 g/mol. The molecule has 0 aliphatic heterocycles. The van der Waals surface area contributed by atoms with E-state index in [-0.39, 0.29) is 17.7 Å². The Morgan fingerprint density at radius 2 is 1.73 bits per heavy atom. The Morgan fingerprint density at radius 3 is 2.42 bits per heavy atom. The SMILES string of the molecule is CC[C@@H](NC(=O)CSc1nnc(-c2ccncc2)n1-c1ccccc1C)c1ccc(C)cc1. The van der Waals surface area contributed by atoms with Gasteiger partial charge in [0.05, 0.1) is 17.5 Å². The number of pyridine rings is 1. The Kier molecular flexibility index (Phi) is 7.19. The van der Waals surface area contributed by atoms with Gasteiger partial charge in [-0.2, -0.15) is 0 Å². The molecule has 33 heavy (non-hydrogen) atoms. The zero-order chi connectivity index (χ0) is 23.2. The molecule has 1 N–H and O–H groups in total. The van der Waals surface area contributed by atoms with Crippen molar-refractivity contribution in [2.75, 3.05) is 5.75 Å². The standard InChI is InChI=1S/C26H27N5OS/c1-4-22(20-11-9-18(2)10-12-20)28-24(32)17-33-26-30-29-25(21-13-15-27-16-14-21)31(26)23-8-6-5-7-19(23)3/h5-16,22H,4,17H2,1-3H3,(H,28,32)/t22-/m1/s1. The minimum absolute atomic E-state index is 0.0136. The van der Waals surface area contributed by atoms with Crippen molar-refractivity contribution in [3.63, 3.8) is 0 Å². The third kappa shape index (κ3) is 5.31. The van der Waals surface area contributed by atoms with E-state index in [1.54, 1.807) is 12.4 Å². The second-order valence-electron chi connectivity index (χ2n) is 7.89. The number of carbonyl (C=O) groups excluding carboxylic acids is 1. The monoisotopic (exact) mass is 457 g/mol. The fraction of sp³-hybridized carbons (Fsp3) is 0.231. The Morgan fingerprint density at radius 1 is 1.00 bits per heavy atom. The van der Waals surface area contributed by atoms with Gasteiger partial charge in [0, 0.05) is 18.0 Å². The molecule has 168 valence electrons. The van der Waals surface area contributed by atoms with Crippen molar-refractivity contribution in [3.05, 3.63) is 89.7 Å². The van der Waals surface area contributed by atoms with Crippen LogP contribution in [-0.2, 0) is 4.79 Å². The zero-order valence-corrected chi connectivity index (χ0v) is 19.8. The van der Waals surface area contributed by atoms with Crippen LogP contribution in [0.1, 0.15) is 36.1 Å². The second kappa shape index (κ2) is 10.4. The Labute approximate surface area is 198 Å². The van der Waals surface area contributed by atoms with Crippen molar-refractivity contribution < 1.29 is 4.79 Å². The highest BCUT2D eigenvalue weighted by atomic mass is 32.2. The number of hydrogen-bond acceptors (Lipinski definition) is 5. The van der Waals surface area contributed by atoms with Crippen molar-refractivity contribution in [3.8, 4) is 17.1 Å². The molecule has 1 amide bonds. The summed E-state index contributed by atoms with van der Waals surface area (Å²) in [7, 11) is 0. The molecule has 0 aliphatic rings. The van der Waals surface area contributed by atoms with E-state index in [2.05, 4.69) is 71.6 Å². The lowest BCUT2D eigenvalue weighted by Crippen LogP contribution is -2.29. The second-order valence-corrected chi connectivity index (χ2v) is 8.83. The molecular weight excluding hydrogens is 430 g/mol. The fourth-order valence-corrected chi connectivity index (χ4v) is 4.42. The summed E-state index contributed by atoms with van der Waals surface area (Å²) in [5.41, 5.74) is 5.33. The highest BCUT2D eigenvalue weighted by Crippen LogP contribution is 2.29. The molecule has 0 unspecified atom stereocenters. The van der Waals surface area contributed by atoms with Crippen LogP contribution in [0.3, 0.4) is 0 Å². The minimum Gasteiger partial charge on any atom is -0.349 e. The molecule has 0 bridgehead atoms. The van der Waals surface area contributed by atoms with Gasteiger partial charge in [-0.1, -0.05) is 66.7 Å². The number of hydrogen-bond donors (Lipinski definition) is 1. The zero-order valence-electron chi connectivity index (χ0n) is 19.0. The summed E-state index contributed by atoms with van der Waals surface area (Å²) in [5, 5.41) is 12.7. The molecule has 0 spiro atoms. The maximum absolute atomic E-state index is 12.8. The summed E-state index contributed by atoms with van der Waals surface area (Å²) >= 11 is 1.39. The van der Waals surface area contributed by atoms with Crippen LogP contribution in [0.4, 0.5) is 0 Å². The molecule has 6 nitrogen and oxygen atoms in total. The van der Waals surface area contributed by atoms with Gasteiger partial charge in [-0.05, 0) is 49.6 Å². The molecule has 4 rings (SSSR count). The predicted octanol–water partition coefficient (Wildman–Crippen LogP) is 5.31. The minimum atomic E-state index is -0.0304. The third-order valence-electron chi connectivity index (χ3n) is 5.48. The number of aromatic nitrogens is 4. The van der Waals surface area contributed by atoms with Crippen LogP contribution < -0.4 is 5.32 Å². The number of carbonyl (C=O) groups is 1. The normalized spacial score (nSPS) is 11.8. The van der Waals surface area contributed by atoms with Crippen molar-refractivity contribution in [2.24, 2.45) is 0 Å². The number of aryl methyl sites for hydroxylation is 2. The first-order valence-electron chi connectivity index (χ1n) is 11.0. The largest absolute Gasteiger partial charge is 0.349 e. The molecular formula is C26H27N5OS. The molecule has 0 aliphatic carbocycles. The lowest BCUT2D eigenvalue weighted by molar-refractivity contribution is -0.119. The molecule has 0 radical (unpaired) electrons. The summed E-state index contributed by atoms with van der Waals surface area (Å²) in [6, 6.07) is 20.2. The van der Waals surface area contributed by atoms with Gasteiger partial charge >= 0.3 is 0 Å². The highest BCUT2D eigenvalue weighted by Gasteiger charge is 2.19. The number of thioether (sulfide) groups is 1. The Balaban J connectivity index is 1.56. The summed E-state index contributed by atoms with van der Waals surface area (Å²) in [4.78, 5) is 16.9. The first-order valence-corrected chi connectivity index (χ1v) is 12.0. The Hall–Kier alpha value is -3.45. The first-order chi connectivity index (χ1) is 16.1. The topological polar surface area (TPSA) is 72.7 Å². The van der Waals surface area contributed by atoms with Gasteiger partial charge < -0.3 is 5.32 Å². The summed E-state index contributed by atoms with van der Waals surface area (Å²) < 4.78 is 2.01. The van der Waals surface area contributed by atoms with E-state index in [1.807, 2.05) is 34.9 Å². The van der Waals surface area contributed by atoms with E-state index >= 15 is 0 Å². The first kappa shape index (κ1) is 22.7. The highest BCUT2D eigenvalue weighted by molar-refractivity contribution is 7.99. The summed E-state index contributed by atoms with van der Waals surface area (Å²) in [5.74, 6) is 0.945. The third-order valence-corrected chi connectivity index (χ3v) is 6.41. The molecule has 4 aromatic rings. The van der Waals surface area contributed by atoms with Gasteiger partial charge in [-0.15, -0.1) is 10.2 Å². The Bertz CT molecular complexity index is 1220. The van der Waals surface area contributed by atoms with Crippen LogP contribution in [0.5, 0.6) is 0 Å². The summed E-state index contributed by atoms with van der Waals surface area (Å²) in [6.45, 7) is 6.19. The quantitative estimate of drug-likeness (QED) is 0.363. The van der Waals surface area contributed by atoms with Gasteiger partial charge in [0.25, 0.3) is 0 Å². The molecule has 7 heteroatoms. The average Bonchev–Trinajstić information content (AvgIpc) is 3.26. The van der Waals surface area contributed by atoms with Gasteiger partial charge in [0.15, 0.2) is 11.0 Å². The number of benzene rings is 2. The van der Waals surface area contributed by atoms with E-state index in [1.165, 1.54) is 17.3 Å². The van der Waals surface area contributed by atoms with Crippen LogP contribution >= 0.6 is 11.8 Å². The molecule has 0 saturated carbocycles. The van der Waals surface area contributed by atoms with Crippen LogP contribution in [0, 0.1) is 13.8 Å². The van der Waals surface area contributed by atoms with Gasteiger partial charge in [-0.3, -0.25) is 14.3 Å². The summed E-state index contributed by atoms with van der Waals surface area (Å²) in [6.07, 6.45) is 4.30. The van der Waals surface area contributed by atoms with E-state index in [4.69, 9.17) is 0 Å². The van der Waals surface area contributed by atoms with Crippen LogP contribution in [0.25, 0.3) is 17.1 Å². The van der Waals surface area contributed by atoms with Gasteiger partial charge in [0.2, 0.25) is 5.91 Å². The van der Waals surface area contributed by atoms with E-state index in [0.29, 0.717) is 5.16 Å². The van der Waals surface area contributed by atoms with Crippen molar-refractivity contribution in [2.45, 2.75) is 38.4 Å². The maximum Gasteiger partial charge on any atom is 0.230 e. The number of rotatable bonds is 8. The fourth-order valence-electron chi connectivity index (χ4n) is 3.67. The van der Waals surface area contributed by atoms with Crippen molar-refractivity contribution in [1.82, 2.24) is 25.1 Å².